The van der Waals surface area contributed by atoms with Crippen LogP contribution in [0.3, 0.4) is 0 Å². The fraction of sp³-hybridized carbons (Fsp3) is 0.400. The Bertz CT molecular complexity index is 271. The monoisotopic (exact) mass is 227 g/mol. The molecule has 0 radical (unpaired) electrons. The number of halogens is 1. The summed E-state index contributed by atoms with van der Waals surface area (Å²) < 4.78 is 1.00. The van der Waals surface area contributed by atoms with E-state index in [0.29, 0.717) is 5.92 Å². The lowest BCUT2D eigenvalue weighted by molar-refractivity contribution is 0.733. The highest BCUT2D eigenvalue weighted by Gasteiger charge is 2.03. The standard InChI is InChI=1S/C10H14BrN/c1-3-7(2)8-4-5-10(12)9(11)6-8/h4-7H,3,12H2,1-2H3. The van der Waals surface area contributed by atoms with Gasteiger partial charge in [-0.15, -0.1) is 0 Å². The van der Waals surface area contributed by atoms with Crippen LogP contribution in [0, 0.1) is 0 Å². The lowest BCUT2D eigenvalue weighted by Gasteiger charge is -2.09. The summed E-state index contributed by atoms with van der Waals surface area (Å²) in [5, 5.41) is 0. The molecule has 0 saturated heterocycles. The molecule has 0 saturated carbocycles. The number of rotatable bonds is 2. The fourth-order valence-electron chi connectivity index (χ4n) is 1.09. The molecule has 0 heterocycles. The first kappa shape index (κ1) is 9.59. The van der Waals surface area contributed by atoms with Crippen molar-refractivity contribution in [3.05, 3.63) is 28.2 Å². The number of anilines is 1. The van der Waals surface area contributed by atoms with Gasteiger partial charge in [0.05, 0.1) is 0 Å². The van der Waals surface area contributed by atoms with Crippen molar-refractivity contribution in [2.75, 3.05) is 5.73 Å². The molecule has 0 amide bonds. The largest absolute Gasteiger partial charge is 0.398 e. The first-order valence-corrected chi connectivity index (χ1v) is 4.99. The lowest BCUT2D eigenvalue weighted by atomic mass is 9.99. The van der Waals surface area contributed by atoms with Crippen LogP contribution in [0.15, 0.2) is 22.7 Å². The van der Waals surface area contributed by atoms with E-state index in [0.717, 1.165) is 16.6 Å². The first-order chi connectivity index (χ1) is 5.65. The molecule has 0 spiro atoms. The van der Waals surface area contributed by atoms with Crippen LogP contribution in [0.4, 0.5) is 5.69 Å². The SMILES string of the molecule is CCC(C)c1ccc(N)c(Br)c1. The van der Waals surface area contributed by atoms with Crippen molar-refractivity contribution in [3.8, 4) is 0 Å². The molecule has 1 aromatic carbocycles. The Morgan fingerprint density at radius 1 is 1.50 bits per heavy atom. The van der Waals surface area contributed by atoms with E-state index in [9.17, 15) is 0 Å². The van der Waals surface area contributed by atoms with Crippen molar-refractivity contribution in [1.29, 1.82) is 0 Å². The zero-order valence-electron chi connectivity index (χ0n) is 7.47. The van der Waals surface area contributed by atoms with Crippen LogP contribution in [-0.2, 0) is 0 Å². The van der Waals surface area contributed by atoms with Gasteiger partial charge in [0.1, 0.15) is 0 Å². The Morgan fingerprint density at radius 2 is 2.17 bits per heavy atom. The van der Waals surface area contributed by atoms with Gasteiger partial charge in [0.25, 0.3) is 0 Å². The number of nitrogens with two attached hydrogens (primary N) is 1. The van der Waals surface area contributed by atoms with Crippen LogP contribution in [-0.4, -0.2) is 0 Å². The normalized spacial score (nSPS) is 12.9. The Morgan fingerprint density at radius 3 is 2.67 bits per heavy atom. The van der Waals surface area contributed by atoms with E-state index >= 15 is 0 Å². The summed E-state index contributed by atoms with van der Waals surface area (Å²) in [4.78, 5) is 0. The summed E-state index contributed by atoms with van der Waals surface area (Å²) in [6, 6.07) is 6.14. The Kier molecular flexibility index (Phi) is 3.15. The van der Waals surface area contributed by atoms with Crippen LogP contribution in [0.2, 0.25) is 0 Å². The highest BCUT2D eigenvalue weighted by molar-refractivity contribution is 9.10. The molecule has 0 fully saturated rings. The molecular weight excluding hydrogens is 214 g/mol. The molecule has 0 bridgehead atoms. The maximum absolute atomic E-state index is 5.68. The van der Waals surface area contributed by atoms with Gasteiger partial charge in [0.2, 0.25) is 0 Å². The number of hydrogen-bond acceptors (Lipinski definition) is 1. The lowest BCUT2D eigenvalue weighted by Crippen LogP contribution is -1.93. The predicted molar refractivity (Wildman–Crippen MR) is 57.3 cm³/mol. The second kappa shape index (κ2) is 3.94. The van der Waals surface area contributed by atoms with Crippen molar-refractivity contribution >= 4 is 21.6 Å². The summed E-state index contributed by atoms with van der Waals surface area (Å²) in [5.74, 6) is 0.613. The second-order valence-corrected chi connectivity index (χ2v) is 3.94. The van der Waals surface area contributed by atoms with Crippen LogP contribution in [0.5, 0.6) is 0 Å². The van der Waals surface area contributed by atoms with Gasteiger partial charge in [-0.3, -0.25) is 0 Å². The first-order valence-electron chi connectivity index (χ1n) is 4.20. The van der Waals surface area contributed by atoms with Crippen molar-refractivity contribution < 1.29 is 0 Å². The Hall–Kier alpha value is -0.500. The maximum Gasteiger partial charge on any atom is 0.0458 e. The van der Waals surface area contributed by atoms with E-state index in [1.54, 1.807) is 0 Å². The van der Waals surface area contributed by atoms with Gasteiger partial charge in [-0.05, 0) is 46.0 Å². The van der Waals surface area contributed by atoms with Crippen LogP contribution >= 0.6 is 15.9 Å². The van der Waals surface area contributed by atoms with Gasteiger partial charge in [-0.2, -0.15) is 0 Å². The van der Waals surface area contributed by atoms with E-state index in [-0.39, 0.29) is 0 Å². The van der Waals surface area contributed by atoms with Gasteiger partial charge in [0.15, 0.2) is 0 Å². The summed E-state index contributed by atoms with van der Waals surface area (Å²) in [5.41, 5.74) is 7.84. The minimum absolute atomic E-state index is 0.613. The van der Waals surface area contributed by atoms with Gasteiger partial charge in [-0.25, -0.2) is 0 Å². The average molecular weight is 228 g/mol. The summed E-state index contributed by atoms with van der Waals surface area (Å²) in [7, 11) is 0. The molecule has 0 aliphatic carbocycles. The minimum atomic E-state index is 0.613. The van der Waals surface area contributed by atoms with Crippen molar-refractivity contribution in [2.24, 2.45) is 0 Å². The average Bonchev–Trinajstić information content (AvgIpc) is 2.08. The topological polar surface area (TPSA) is 26.0 Å². The molecule has 2 heteroatoms. The zero-order chi connectivity index (χ0) is 9.14. The molecule has 1 rings (SSSR count). The number of benzene rings is 1. The molecule has 1 nitrogen and oxygen atoms in total. The van der Waals surface area contributed by atoms with Crippen LogP contribution in [0.1, 0.15) is 31.7 Å². The molecule has 12 heavy (non-hydrogen) atoms. The summed E-state index contributed by atoms with van der Waals surface area (Å²) in [6.45, 7) is 4.41. The maximum atomic E-state index is 5.68. The third-order valence-electron chi connectivity index (χ3n) is 2.21. The molecule has 66 valence electrons. The Balaban J connectivity index is 2.96. The van der Waals surface area contributed by atoms with Gasteiger partial charge >= 0.3 is 0 Å². The molecule has 0 aliphatic heterocycles. The molecule has 2 N–H and O–H groups in total. The van der Waals surface area contributed by atoms with E-state index in [1.807, 2.05) is 6.07 Å². The third kappa shape index (κ3) is 2.01. The van der Waals surface area contributed by atoms with E-state index < -0.39 is 0 Å². The minimum Gasteiger partial charge on any atom is -0.398 e. The quantitative estimate of drug-likeness (QED) is 0.769. The van der Waals surface area contributed by atoms with Crippen molar-refractivity contribution in [1.82, 2.24) is 0 Å². The van der Waals surface area contributed by atoms with Crippen LogP contribution < -0.4 is 5.73 Å². The van der Waals surface area contributed by atoms with Crippen molar-refractivity contribution in [2.45, 2.75) is 26.2 Å². The Labute approximate surface area is 82.1 Å². The molecular formula is C10H14BrN. The smallest absolute Gasteiger partial charge is 0.0458 e. The summed E-state index contributed by atoms with van der Waals surface area (Å²) >= 11 is 3.42. The third-order valence-corrected chi connectivity index (χ3v) is 2.89. The summed E-state index contributed by atoms with van der Waals surface area (Å²) in [6.07, 6.45) is 1.16. The van der Waals surface area contributed by atoms with Crippen molar-refractivity contribution in [3.63, 3.8) is 0 Å². The van der Waals surface area contributed by atoms with E-state index in [2.05, 4.69) is 41.9 Å². The molecule has 0 aromatic heterocycles. The van der Waals surface area contributed by atoms with Crippen LogP contribution in [0.25, 0.3) is 0 Å². The molecule has 1 aromatic rings. The number of nitrogen functional groups attached to an aromatic ring is 1. The fourth-order valence-corrected chi connectivity index (χ4v) is 1.48. The van der Waals surface area contributed by atoms with Gasteiger partial charge in [-0.1, -0.05) is 19.9 Å². The van der Waals surface area contributed by atoms with Gasteiger partial charge in [0, 0.05) is 10.2 Å². The van der Waals surface area contributed by atoms with E-state index in [1.165, 1.54) is 5.56 Å². The zero-order valence-corrected chi connectivity index (χ0v) is 9.06. The molecule has 0 aliphatic rings. The highest BCUT2D eigenvalue weighted by Crippen LogP contribution is 2.26. The highest BCUT2D eigenvalue weighted by atomic mass is 79.9. The van der Waals surface area contributed by atoms with Gasteiger partial charge < -0.3 is 5.73 Å². The molecule has 1 atom stereocenters. The second-order valence-electron chi connectivity index (χ2n) is 3.09. The predicted octanol–water partition coefficient (Wildman–Crippen LogP) is 3.54. The molecule has 1 unspecified atom stereocenters. The van der Waals surface area contributed by atoms with E-state index in [4.69, 9.17) is 5.73 Å². The number of hydrogen-bond donors (Lipinski definition) is 1.